The largest absolute Gasteiger partial charge is 0.445 e. The van der Waals surface area contributed by atoms with Gasteiger partial charge in [-0.2, -0.15) is 5.10 Å². The highest BCUT2D eigenvalue weighted by molar-refractivity contribution is 5.97. The first-order valence-electron chi connectivity index (χ1n) is 25.5. The lowest BCUT2D eigenvalue weighted by Gasteiger charge is -2.40. The van der Waals surface area contributed by atoms with E-state index in [4.69, 9.17) is 19.9 Å². The van der Waals surface area contributed by atoms with Gasteiger partial charge < -0.3 is 51.0 Å². The molecule has 394 valence electrons. The molecular weight excluding hydrogens is 913 g/mol. The van der Waals surface area contributed by atoms with Gasteiger partial charge in [-0.15, -0.1) is 0 Å². The lowest BCUT2D eigenvalue weighted by Crippen LogP contribution is -2.57. The van der Waals surface area contributed by atoms with Crippen molar-refractivity contribution in [2.45, 2.75) is 161 Å². The van der Waals surface area contributed by atoms with Crippen molar-refractivity contribution in [3.05, 3.63) is 47.8 Å². The highest BCUT2D eigenvalue weighted by Gasteiger charge is 2.47. The molecular formula is C51H80N10O10. The molecule has 1 aromatic heterocycles. The number of H-pyrrole nitrogens is 1. The van der Waals surface area contributed by atoms with E-state index in [0.29, 0.717) is 62.9 Å². The molecule has 2 aliphatic heterocycles. The first-order valence-corrected chi connectivity index (χ1v) is 25.5. The number of carbonyl (C=O) groups excluding carboxylic acids is 7. The van der Waals surface area contributed by atoms with Gasteiger partial charge in [0.05, 0.1) is 55.4 Å². The number of piperidine rings is 1. The molecule has 1 saturated carbocycles. The fourth-order valence-electron chi connectivity index (χ4n) is 10.5. The molecule has 5 rings (SSSR count). The van der Waals surface area contributed by atoms with Gasteiger partial charge in [-0.3, -0.25) is 38.8 Å². The number of likely N-dealkylation sites (N-methyl/N-ethyl adjacent to an activating group) is 1. The number of nitrogens with two attached hydrogens (primary N) is 1. The second-order valence-corrected chi connectivity index (χ2v) is 20.0. The van der Waals surface area contributed by atoms with Gasteiger partial charge >= 0.3 is 6.09 Å². The fraction of sp³-hybridized carbons (Fsp3) is 0.686. The van der Waals surface area contributed by atoms with Crippen LogP contribution in [0.3, 0.4) is 0 Å². The Morgan fingerprint density at radius 1 is 0.930 bits per heavy atom. The van der Waals surface area contributed by atoms with Gasteiger partial charge in [-0.1, -0.05) is 53.2 Å². The van der Waals surface area contributed by atoms with Crippen molar-refractivity contribution in [1.82, 2.24) is 40.8 Å². The van der Waals surface area contributed by atoms with Crippen LogP contribution in [0.1, 0.15) is 117 Å². The molecule has 3 fully saturated rings. The zero-order valence-corrected chi connectivity index (χ0v) is 43.1. The zero-order chi connectivity index (χ0) is 51.8. The zero-order valence-electron chi connectivity index (χ0n) is 43.1. The molecule has 10 atom stereocenters. The van der Waals surface area contributed by atoms with E-state index in [1.54, 1.807) is 67.4 Å². The van der Waals surface area contributed by atoms with Crippen LogP contribution in [0.4, 0.5) is 10.5 Å². The molecule has 1 aromatic carbocycles. The van der Waals surface area contributed by atoms with Crippen LogP contribution in [-0.2, 0) is 56.1 Å². The number of amides is 7. The molecule has 0 spiro atoms. The van der Waals surface area contributed by atoms with E-state index in [-0.39, 0.29) is 85.5 Å². The van der Waals surface area contributed by atoms with Crippen molar-refractivity contribution in [2.24, 2.45) is 29.4 Å². The first kappa shape index (κ1) is 56.3. The van der Waals surface area contributed by atoms with E-state index in [1.807, 2.05) is 27.7 Å². The average Bonchev–Trinajstić information content (AvgIpc) is 4.15. The molecule has 1 aliphatic carbocycles. The summed E-state index contributed by atoms with van der Waals surface area (Å²) in [6.45, 7) is 10.4. The quantitative estimate of drug-likeness (QED) is 0.0786. The smallest absolute Gasteiger partial charge is 0.411 e. The van der Waals surface area contributed by atoms with Gasteiger partial charge in [0.2, 0.25) is 35.4 Å². The van der Waals surface area contributed by atoms with E-state index in [9.17, 15) is 33.6 Å². The van der Waals surface area contributed by atoms with Crippen LogP contribution in [0, 0.1) is 23.7 Å². The average molecular weight is 993 g/mol. The third kappa shape index (κ3) is 15.4. The number of nitrogens with zero attached hydrogens (tertiary/aromatic N) is 4. The maximum absolute atomic E-state index is 14.2. The standard InChI is InChI=1S/C51H80N10O10/c1-9-32(4)46(42(69-7)27-44(63)60-23-11-13-40(60)47(70-8)33(5)48(65)53-28-37-20-22-55-58-37)59(6)45(64)29-54-50(67)41-26-35-16-19-38(25-35)61(41)51(68)71-30-34-14-17-36(18-15-34)56-49(66)39(12-10-21-52)57-43(62)24-31(2)3/h14-15,17-18,20,22,31-33,35,38-42,46-47H,9-13,16,19,21,23-30,52H2,1-8H3,(H,53,65)(H,54,67)(H,55,58)(H,56,66)(H,57,62). The highest BCUT2D eigenvalue weighted by Crippen LogP contribution is 2.40. The number of methoxy groups -OCH3 is 2. The predicted molar refractivity (Wildman–Crippen MR) is 266 cm³/mol. The number of fused-ring (bicyclic) bond motifs is 2. The fourth-order valence-corrected chi connectivity index (χ4v) is 10.5. The third-order valence-electron chi connectivity index (χ3n) is 14.6. The van der Waals surface area contributed by atoms with Crippen molar-refractivity contribution >= 4 is 47.2 Å². The number of likely N-dealkylation sites (tertiary alicyclic amines) is 2. The summed E-state index contributed by atoms with van der Waals surface area (Å²) in [4.78, 5) is 99.7. The SMILES string of the molecule is CCC(C)C(C(CC(=O)N1CCCC1C(OC)C(C)C(=O)NCc1ccn[nH]1)OC)N(C)C(=O)CNC(=O)C1CC2CCC(C2)N1C(=O)OCc1ccc(NC(=O)C(CCCN)NC(=O)CC(C)C)cc1. The number of aromatic amines is 1. The van der Waals surface area contributed by atoms with Crippen molar-refractivity contribution in [2.75, 3.05) is 46.2 Å². The molecule has 2 saturated heterocycles. The number of aromatic nitrogens is 2. The molecule has 0 radical (unpaired) electrons. The maximum atomic E-state index is 14.2. The van der Waals surface area contributed by atoms with Crippen molar-refractivity contribution in [3.63, 3.8) is 0 Å². The predicted octanol–water partition coefficient (Wildman–Crippen LogP) is 3.85. The minimum Gasteiger partial charge on any atom is -0.445 e. The van der Waals surface area contributed by atoms with E-state index >= 15 is 0 Å². The van der Waals surface area contributed by atoms with Crippen LogP contribution in [0.15, 0.2) is 36.5 Å². The first-order chi connectivity index (χ1) is 34.0. The summed E-state index contributed by atoms with van der Waals surface area (Å²) in [5.74, 6) is -1.97. The van der Waals surface area contributed by atoms with Crippen LogP contribution in [0.2, 0.25) is 0 Å². The summed E-state index contributed by atoms with van der Waals surface area (Å²) in [7, 11) is 4.74. The molecule has 20 nitrogen and oxygen atoms in total. The van der Waals surface area contributed by atoms with E-state index in [2.05, 4.69) is 31.5 Å². The monoisotopic (exact) mass is 993 g/mol. The number of hydrogen-bond acceptors (Lipinski definition) is 12. The summed E-state index contributed by atoms with van der Waals surface area (Å²) in [5.41, 5.74) is 7.63. The second kappa shape index (κ2) is 27.3. The maximum Gasteiger partial charge on any atom is 0.411 e. The van der Waals surface area contributed by atoms with Gasteiger partial charge in [0.25, 0.3) is 0 Å². The van der Waals surface area contributed by atoms with Gasteiger partial charge in [0, 0.05) is 52.2 Å². The number of hydrogen-bond donors (Lipinski definition) is 6. The van der Waals surface area contributed by atoms with Gasteiger partial charge in [-0.25, -0.2) is 4.79 Å². The molecule has 3 aliphatic rings. The van der Waals surface area contributed by atoms with E-state index < -0.39 is 48.3 Å². The minimum atomic E-state index is -0.832. The number of carbonyl (C=O) groups is 7. The Bertz CT molecular complexity index is 2070. The van der Waals surface area contributed by atoms with Crippen LogP contribution in [0.25, 0.3) is 0 Å². The van der Waals surface area contributed by atoms with E-state index in [0.717, 1.165) is 31.4 Å². The van der Waals surface area contributed by atoms with Crippen LogP contribution < -0.4 is 27.0 Å². The number of anilines is 1. The van der Waals surface area contributed by atoms with Gasteiger partial charge in [0.15, 0.2) is 0 Å². The Morgan fingerprint density at radius 3 is 2.32 bits per heavy atom. The molecule has 10 unspecified atom stereocenters. The Kier molecular flexibility index (Phi) is 21.6. The van der Waals surface area contributed by atoms with Gasteiger partial charge in [0.1, 0.15) is 18.7 Å². The Labute approximate surface area is 418 Å². The summed E-state index contributed by atoms with van der Waals surface area (Å²) in [5, 5.41) is 18.2. The van der Waals surface area contributed by atoms with Gasteiger partial charge in [-0.05, 0) is 99.4 Å². The summed E-state index contributed by atoms with van der Waals surface area (Å²) >= 11 is 0. The highest BCUT2D eigenvalue weighted by atomic mass is 16.6. The molecule has 7 N–H and O–H groups in total. The number of nitrogens with one attached hydrogen (secondary N) is 5. The summed E-state index contributed by atoms with van der Waals surface area (Å²) < 4.78 is 17.7. The Morgan fingerprint density at radius 2 is 1.68 bits per heavy atom. The second-order valence-electron chi connectivity index (χ2n) is 20.0. The molecule has 71 heavy (non-hydrogen) atoms. The Hall–Kier alpha value is -5.60. The molecule has 20 heteroatoms. The van der Waals surface area contributed by atoms with Crippen molar-refractivity contribution in [3.8, 4) is 0 Å². The summed E-state index contributed by atoms with van der Waals surface area (Å²) in [6, 6.07) is 6.03. The van der Waals surface area contributed by atoms with Crippen molar-refractivity contribution in [1.29, 1.82) is 0 Å². The number of benzene rings is 1. The topological polar surface area (TPSA) is 260 Å². The van der Waals surface area contributed by atoms with Crippen LogP contribution >= 0.6 is 0 Å². The molecule has 3 heterocycles. The molecule has 7 amide bonds. The summed E-state index contributed by atoms with van der Waals surface area (Å²) in [6.07, 6.45) is 5.94. The lowest BCUT2D eigenvalue weighted by atomic mass is 9.90. The van der Waals surface area contributed by atoms with Crippen molar-refractivity contribution < 1.29 is 47.8 Å². The Balaban J connectivity index is 1.16. The molecule has 2 bridgehead atoms. The molecule has 2 aromatic rings. The van der Waals surface area contributed by atoms with E-state index in [1.165, 1.54) is 12.0 Å². The normalized spacial score (nSPS) is 21.1. The number of rotatable bonds is 26. The third-order valence-corrected chi connectivity index (χ3v) is 14.6. The van der Waals surface area contributed by atoms with Crippen LogP contribution in [-0.4, -0.2) is 150 Å². The lowest BCUT2D eigenvalue weighted by molar-refractivity contribution is -0.146. The van der Waals surface area contributed by atoms with Crippen LogP contribution in [0.5, 0.6) is 0 Å². The minimum absolute atomic E-state index is 0.0128. The number of ether oxygens (including phenoxy) is 3.